The average Bonchev–Trinajstić information content (AvgIpc) is 2.56. The highest BCUT2D eigenvalue weighted by molar-refractivity contribution is 9.10. The fourth-order valence-electron chi connectivity index (χ4n) is 1.98. The number of amides is 1. The van der Waals surface area contributed by atoms with Crippen LogP contribution in [0.3, 0.4) is 0 Å². The first kappa shape index (κ1) is 19.8. The van der Waals surface area contributed by atoms with E-state index >= 15 is 0 Å². The van der Waals surface area contributed by atoms with Crippen LogP contribution < -0.4 is 10.2 Å². The fraction of sp³-hybridized carbons (Fsp3) is 0.250. The summed E-state index contributed by atoms with van der Waals surface area (Å²) in [5, 5.41) is 3.98. The molecule has 2 aromatic carbocycles. The van der Waals surface area contributed by atoms with Gasteiger partial charge >= 0.3 is 5.97 Å². The van der Waals surface area contributed by atoms with Crippen molar-refractivity contribution in [3.05, 3.63) is 63.6 Å². The Morgan fingerprint density at radius 1 is 1.15 bits per heavy atom. The number of hydrogen-bond acceptors (Lipinski definition) is 4. The highest BCUT2D eigenvalue weighted by atomic mass is 79.9. The molecule has 0 heterocycles. The lowest BCUT2D eigenvalue weighted by molar-refractivity contribution is -0.143. The lowest BCUT2D eigenvalue weighted by Gasteiger charge is -2.17. The van der Waals surface area contributed by atoms with Crippen LogP contribution in [0.4, 0.5) is 0 Å². The molecule has 0 spiro atoms. The van der Waals surface area contributed by atoms with Crippen LogP contribution in [-0.2, 0) is 4.79 Å². The number of halogens is 1. The third-order valence-corrected chi connectivity index (χ3v) is 3.93. The minimum atomic E-state index is -0.624. The van der Waals surface area contributed by atoms with E-state index in [0.29, 0.717) is 16.9 Å². The van der Waals surface area contributed by atoms with Crippen LogP contribution in [0.25, 0.3) is 0 Å². The minimum Gasteiger partial charge on any atom is -0.425 e. The highest BCUT2D eigenvalue weighted by Crippen LogP contribution is 2.25. The number of hydrazone groups is 1. The number of hydrogen-bond donors (Lipinski definition) is 1. The Kier molecular flexibility index (Phi) is 6.32. The van der Waals surface area contributed by atoms with E-state index < -0.39 is 5.41 Å². The zero-order valence-electron chi connectivity index (χ0n) is 15.2. The van der Waals surface area contributed by atoms with Crippen molar-refractivity contribution in [1.29, 1.82) is 0 Å². The Bertz CT molecular complexity index is 854. The number of ether oxygens (including phenoxy) is 1. The predicted octanol–water partition coefficient (Wildman–Crippen LogP) is 4.47. The van der Waals surface area contributed by atoms with Crippen molar-refractivity contribution >= 4 is 34.0 Å². The number of benzene rings is 2. The van der Waals surface area contributed by atoms with E-state index in [2.05, 4.69) is 26.5 Å². The summed E-state index contributed by atoms with van der Waals surface area (Å²) in [7, 11) is 0. The van der Waals surface area contributed by atoms with Gasteiger partial charge in [-0.2, -0.15) is 5.10 Å². The Balaban J connectivity index is 2.15. The predicted molar refractivity (Wildman–Crippen MR) is 105 cm³/mol. The summed E-state index contributed by atoms with van der Waals surface area (Å²) in [4.78, 5) is 24.3. The van der Waals surface area contributed by atoms with Crippen LogP contribution in [-0.4, -0.2) is 18.1 Å². The molecule has 136 valence electrons. The molecule has 0 aliphatic carbocycles. The van der Waals surface area contributed by atoms with Gasteiger partial charge in [0.1, 0.15) is 5.75 Å². The molecular weight excluding hydrogens is 396 g/mol. The fourth-order valence-corrected chi connectivity index (χ4v) is 2.36. The molecule has 0 aromatic heterocycles. The van der Waals surface area contributed by atoms with Crippen LogP contribution in [0, 0.1) is 12.3 Å². The molecule has 0 atom stereocenters. The average molecular weight is 417 g/mol. The molecule has 0 radical (unpaired) electrons. The van der Waals surface area contributed by atoms with Gasteiger partial charge < -0.3 is 4.74 Å². The van der Waals surface area contributed by atoms with Crippen LogP contribution >= 0.6 is 15.9 Å². The van der Waals surface area contributed by atoms with E-state index in [-0.39, 0.29) is 11.9 Å². The molecule has 6 heteroatoms. The first-order valence-electron chi connectivity index (χ1n) is 8.09. The van der Waals surface area contributed by atoms with Crippen LogP contribution in [0.5, 0.6) is 5.75 Å². The summed E-state index contributed by atoms with van der Waals surface area (Å²) < 4.78 is 6.26. The summed E-state index contributed by atoms with van der Waals surface area (Å²) in [5.74, 6) is -0.284. The van der Waals surface area contributed by atoms with Crippen molar-refractivity contribution in [3.63, 3.8) is 0 Å². The van der Waals surface area contributed by atoms with Crippen molar-refractivity contribution < 1.29 is 14.3 Å². The van der Waals surface area contributed by atoms with Crippen LogP contribution in [0.1, 0.15) is 42.3 Å². The first-order chi connectivity index (χ1) is 12.2. The molecule has 5 nitrogen and oxygen atoms in total. The number of rotatable bonds is 4. The van der Waals surface area contributed by atoms with Gasteiger partial charge in [0.15, 0.2) is 0 Å². The van der Waals surface area contributed by atoms with E-state index in [4.69, 9.17) is 4.74 Å². The molecule has 0 fully saturated rings. The minimum absolute atomic E-state index is 0.312. The normalized spacial score (nSPS) is 11.4. The second-order valence-electron chi connectivity index (χ2n) is 6.89. The van der Waals surface area contributed by atoms with Gasteiger partial charge in [-0.05, 0) is 58.0 Å². The SMILES string of the molecule is Cc1cccc(C(=O)NN=Cc2cc(Br)ccc2OC(=O)C(C)(C)C)c1. The maximum atomic E-state index is 12.1. The standard InChI is InChI=1S/C20H21BrN2O3/c1-13-6-5-7-14(10-13)18(24)23-22-12-15-11-16(21)8-9-17(15)26-19(25)20(2,3)4/h5-12H,1-4H3,(H,23,24). The molecule has 0 saturated heterocycles. The smallest absolute Gasteiger partial charge is 0.316 e. The molecule has 0 bridgehead atoms. The van der Waals surface area contributed by atoms with Gasteiger partial charge in [-0.25, -0.2) is 5.43 Å². The van der Waals surface area contributed by atoms with Gasteiger partial charge in [0.25, 0.3) is 5.91 Å². The van der Waals surface area contributed by atoms with E-state index in [9.17, 15) is 9.59 Å². The Morgan fingerprint density at radius 3 is 2.54 bits per heavy atom. The number of esters is 1. The summed E-state index contributed by atoms with van der Waals surface area (Å²) in [5.41, 5.74) is 3.94. The van der Waals surface area contributed by atoms with Gasteiger partial charge in [-0.15, -0.1) is 0 Å². The summed E-state index contributed by atoms with van der Waals surface area (Å²) in [6.45, 7) is 7.26. The Morgan fingerprint density at radius 2 is 1.88 bits per heavy atom. The third-order valence-electron chi connectivity index (χ3n) is 3.44. The zero-order chi connectivity index (χ0) is 19.3. The summed E-state index contributed by atoms with van der Waals surface area (Å²) in [6.07, 6.45) is 1.45. The lowest BCUT2D eigenvalue weighted by Crippen LogP contribution is -2.26. The number of aryl methyl sites for hydroxylation is 1. The number of nitrogens with zero attached hydrogens (tertiary/aromatic N) is 1. The monoisotopic (exact) mass is 416 g/mol. The van der Waals surface area contributed by atoms with Gasteiger partial charge in [0, 0.05) is 15.6 Å². The number of nitrogens with one attached hydrogen (secondary N) is 1. The van der Waals surface area contributed by atoms with Crippen LogP contribution in [0.2, 0.25) is 0 Å². The zero-order valence-corrected chi connectivity index (χ0v) is 16.8. The highest BCUT2D eigenvalue weighted by Gasteiger charge is 2.24. The van der Waals surface area contributed by atoms with E-state index in [0.717, 1.165) is 10.0 Å². The van der Waals surface area contributed by atoms with Gasteiger partial charge in [0.2, 0.25) is 0 Å². The molecule has 1 N–H and O–H groups in total. The largest absolute Gasteiger partial charge is 0.425 e. The maximum absolute atomic E-state index is 12.1. The molecule has 1 amide bonds. The van der Waals surface area contributed by atoms with Crippen molar-refractivity contribution in [3.8, 4) is 5.75 Å². The summed E-state index contributed by atoms with van der Waals surface area (Å²) in [6, 6.07) is 12.4. The second-order valence-corrected chi connectivity index (χ2v) is 7.81. The number of carbonyl (C=O) groups excluding carboxylic acids is 2. The Hall–Kier alpha value is -2.47. The van der Waals surface area contributed by atoms with Crippen molar-refractivity contribution in [1.82, 2.24) is 5.43 Å². The number of carbonyl (C=O) groups is 2. The second kappa shape index (κ2) is 8.27. The van der Waals surface area contributed by atoms with Gasteiger partial charge in [-0.3, -0.25) is 9.59 Å². The molecule has 0 unspecified atom stereocenters. The molecule has 26 heavy (non-hydrogen) atoms. The Labute approximate surface area is 161 Å². The quantitative estimate of drug-likeness (QED) is 0.345. The maximum Gasteiger partial charge on any atom is 0.316 e. The van der Waals surface area contributed by atoms with Crippen molar-refractivity contribution in [2.24, 2.45) is 10.5 Å². The van der Waals surface area contributed by atoms with Gasteiger partial charge in [0.05, 0.1) is 11.6 Å². The molecule has 0 saturated carbocycles. The van der Waals surface area contributed by atoms with Crippen molar-refractivity contribution in [2.45, 2.75) is 27.7 Å². The van der Waals surface area contributed by atoms with Crippen molar-refractivity contribution in [2.75, 3.05) is 0 Å². The lowest BCUT2D eigenvalue weighted by atomic mass is 9.97. The van der Waals surface area contributed by atoms with E-state index in [1.54, 1.807) is 51.1 Å². The van der Waals surface area contributed by atoms with E-state index in [1.165, 1.54) is 6.21 Å². The third kappa shape index (κ3) is 5.52. The van der Waals surface area contributed by atoms with Gasteiger partial charge in [-0.1, -0.05) is 33.6 Å². The molecule has 0 aliphatic heterocycles. The summed E-state index contributed by atoms with van der Waals surface area (Å²) >= 11 is 3.38. The molecule has 2 rings (SSSR count). The molecule has 2 aromatic rings. The molecule has 0 aliphatic rings. The van der Waals surface area contributed by atoms with E-state index in [1.807, 2.05) is 19.1 Å². The first-order valence-corrected chi connectivity index (χ1v) is 8.88. The van der Waals surface area contributed by atoms with Crippen LogP contribution in [0.15, 0.2) is 52.0 Å². The molecular formula is C20H21BrN2O3. The topological polar surface area (TPSA) is 67.8 Å².